The highest BCUT2D eigenvalue weighted by molar-refractivity contribution is 14.1. The summed E-state index contributed by atoms with van der Waals surface area (Å²) in [6.45, 7) is 4.32. The molecule has 1 aromatic carbocycles. The molecule has 0 aliphatic heterocycles. The maximum absolute atomic E-state index is 12.0. The van der Waals surface area contributed by atoms with Crippen LogP contribution in [0.25, 0.3) is 0 Å². The summed E-state index contributed by atoms with van der Waals surface area (Å²) in [5.74, 6) is 1.45. The number of hydrogen-bond donors (Lipinski definition) is 1. The van der Waals surface area contributed by atoms with E-state index in [0.29, 0.717) is 16.6 Å². The zero-order valence-electron chi connectivity index (χ0n) is 11.1. The second-order valence-corrected chi connectivity index (χ2v) is 8.03. The Labute approximate surface area is 139 Å². The Hall–Kier alpha value is -0.670. The van der Waals surface area contributed by atoms with Gasteiger partial charge in [0.05, 0.1) is 0 Å². The number of rotatable bonds is 5. The van der Waals surface area contributed by atoms with Gasteiger partial charge in [0.1, 0.15) is 0 Å². The van der Waals surface area contributed by atoms with Crippen LogP contribution in [0.5, 0.6) is 0 Å². The molecule has 0 aliphatic carbocycles. The highest BCUT2D eigenvalue weighted by Gasteiger charge is 2.10. The van der Waals surface area contributed by atoms with Gasteiger partial charge in [-0.25, -0.2) is 0 Å². The topological polar surface area (TPSA) is 54.9 Å². The summed E-state index contributed by atoms with van der Waals surface area (Å²) in [5.41, 5.74) is 0.622. The van der Waals surface area contributed by atoms with Gasteiger partial charge in [0.25, 0.3) is 5.91 Å². The predicted octanol–water partition coefficient (Wildman–Crippen LogP) is 4.14. The van der Waals surface area contributed by atoms with Crippen molar-refractivity contribution in [1.82, 2.24) is 10.2 Å². The van der Waals surface area contributed by atoms with Crippen LogP contribution in [-0.4, -0.2) is 21.9 Å². The maximum Gasteiger partial charge on any atom is 0.257 e. The monoisotopic (exact) mass is 419 g/mol. The van der Waals surface area contributed by atoms with Crippen molar-refractivity contribution in [1.29, 1.82) is 0 Å². The molecule has 0 saturated heterocycles. The summed E-state index contributed by atoms with van der Waals surface area (Å²) in [4.78, 5) is 12.0. The quantitative estimate of drug-likeness (QED) is 0.450. The molecule has 0 aliphatic rings. The average molecular weight is 419 g/mol. The van der Waals surface area contributed by atoms with Crippen LogP contribution < -0.4 is 5.32 Å². The van der Waals surface area contributed by atoms with E-state index in [-0.39, 0.29) is 5.91 Å². The Morgan fingerprint density at radius 2 is 2.05 bits per heavy atom. The fourth-order valence-electron chi connectivity index (χ4n) is 1.33. The van der Waals surface area contributed by atoms with E-state index in [2.05, 4.69) is 52.0 Å². The molecule has 0 fully saturated rings. The van der Waals surface area contributed by atoms with Crippen LogP contribution in [-0.2, 0) is 0 Å². The molecule has 1 heterocycles. The number of benzene rings is 1. The Balaban J connectivity index is 1.96. The summed E-state index contributed by atoms with van der Waals surface area (Å²) < 4.78 is 1.99. The van der Waals surface area contributed by atoms with E-state index < -0.39 is 0 Å². The number of carbonyl (C=O) groups is 1. The van der Waals surface area contributed by atoms with Crippen molar-refractivity contribution >= 4 is 56.7 Å². The number of hydrogen-bond acceptors (Lipinski definition) is 5. The first-order chi connectivity index (χ1) is 9.54. The minimum atomic E-state index is -0.155. The van der Waals surface area contributed by atoms with Gasteiger partial charge in [-0.3, -0.25) is 10.1 Å². The molecule has 106 valence electrons. The molecular weight excluding hydrogens is 405 g/mol. The summed E-state index contributed by atoms with van der Waals surface area (Å²) in [6.07, 6.45) is 0. The lowest BCUT2D eigenvalue weighted by atomic mass is 10.2. The van der Waals surface area contributed by atoms with E-state index in [4.69, 9.17) is 0 Å². The summed E-state index contributed by atoms with van der Waals surface area (Å²) in [6, 6.07) is 7.40. The number of anilines is 1. The fourth-order valence-corrected chi connectivity index (χ4v) is 3.41. The summed E-state index contributed by atoms with van der Waals surface area (Å²) >= 11 is 5.28. The first-order valence-electron chi connectivity index (χ1n) is 6.08. The van der Waals surface area contributed by atoms with Crippen LogP contribution in [0.2, 0.25) is 0 Å². The lowest BCUT2D eigenvalue weighted by molar-refractivity contribution is 0.102. The van der Waals surface area contributed by atoms with Crippen molar-refractivity contribution in [2.24, 2.45) is 5.92 Å². The lowest BCUT2D eigenvalue weighted by Gasteiger charge is -2.01. The number of aromatic nitrogens is 2. The Morgan fingerprint density at radius 3 is 2.70 bits per heavy atom. The van der Waals surface area contributed by atoms with Crippen molar-refractivity contribution in [2.75, 3.05) is 11.1 Å². The molecule has 2 rings (SSSR count). The minimum Gasteiger partial charge on any atom is -0.296 e. The second kappa shape index (κ2) is 7.37. The third-order valence-electron chi connectivity index (χ3n) is 2.27. The van der Waals surface area contributed by atoms with Crippen molar-refractivity contribution in [3.63, 3.8) is 0 Å². The molecule has 4 nitrogen and oxygen atoms in total. The van der Waals surface area contributed by atoms with E-state index >= 15 is 0 Å². The van der Waals surface area contributed by atoms with Gasteiger partial charge in [-0.1, -0.05) is 36.9 Å². The molecule has 1 amide bonds. The third-order valence-corrected chi connectivity index (χ3v) is 5.39. The molecule has 0 atom stereocenters. The smallest absolute Gasteiger partial charge is 0.257 e. The van der Waals surface area contributed by atoms with E-state index in [0.717, 1.165) is 13.7 Å². The maximum atomic E-state index is 12.0. The van der Waals surface area contributed by atoms with Gasteiger partial charge in [0.15, 0.2) is 4.34 Å². The lowest BCUT2D eigenvalue weighted by Crippen LogP contribution is -2.11. The summed E-state index contributed by atoms with van der Waals surface area (Å²) in [5, 5.41) is 11.4. The van der Waals surface area contributed by atoms with Gasteiger partial charge in [-0.15, -0.1) is 10.2 Å². The van der Waals surface area contributed by atoms with E-state index in [1.807, 2.05) is 12.1 Å². The van der Waals surface area contributed by atoms with Crippen LogP contribution in [0.15, 0.2) is 28.6 Å². The number of nitrogens with one attached hydrogen (secondary N) is 1. The van der Waals surface area contributed by atoms with Crippen molar-refractivity contribution < 1.29 is 4.79 Å². The van der Waals surface area contributed by atoms with Crippen LogP contribution in [0.1, 0.15) is 24.2 Å². The molecule has 20 heavy (non-hydrogen) atoms. The molecular formula is C13H14IN3OS2. The normalized spacial score (nSPS) is 10.8. The molecule has 0 radical (unpaired) electrons. The zero-order chi connectivity index (χ0) is 14.5. The molecule has 1 N–H and O–H groups in total. The number of nitrogens with zero attached hydrogens (tertiary/aromatic N) is 2. The van der Waals surface area contributed by atoms with Crippen LogP contribution in [0.4, 0.5) is 5.13 Å². The molecule has 0 bridgehead atoms. The average Bonchev–Trinajstić information content (AvgIpc) is 2.84. The Morgan fingerprint density at radius 1 is 1.35 bits per heavy atom. The van der Waals surface area contributed by atoms with E-state index in [9.17, 15) is 4.79 Å². The van der Waals surface area contributed by atoms with Gasteiger partial charge in [-0.2, -0.15) is 0 Å². The highest BCUT2D eigenvalue weighted by atomic mass is 127. The molecule has 2 aromatic rings. The first kappa shape index (κ1) is 15.7. The van der Waals surface area contributed by atoms with E-state index in [1.165, 1.54) is 11.3 Å². The van der Waals surface area contributed by atoms with Crippen molar-refractivity contribution in [2.45, 2.75) is 18.2 Å². The van der Waals surface area contributed by atoms with Gasteiger partial charge in [0.2, 0.25) is 5.13 Å². The SMILES string of the molecule is CC(C)CSc1nnc(NC(=O)c2ccc(I)cc2)s1. The highest BCUT2D eigenvalue weighted by Crippen LogP contribution is 2.27. The van der Waals surface area contributed by atoms with Crippen molar-refractivity contribution in [3.05, 3.63) is 33.4 Å². The summed E-state index contributed by atoms with van der Waals surface area (Å²) in [7, 11) is 0. The van der Waals surface area contributed by atoms with Gasteiger partial charge in [0, 0.05) is 14.9 Å². The third kappa shape index (κ3) is 4.71. The number of amides is 1. The van der Waals surface area contributed by atoms with E-state index in [1.54, 1.807) is 23.9 Å². The fraction of sp³-hybridized carbons (Fsp3) is 0.308. The first-order valence-corrected chi connectivity index (χ1v) is 8.96. The largest absolute Gasteiger partial charge is 0.296 e. The van der Waals surface area contributed by atoms with Gasteiger partial charge < -0.3 is 0 Å². The standard InChI is InChI=1S/C13H14IN3OS2/c1-8(2)7-19-13-17-16-12(20-13)15-11(18)9-3-5-10(14)6-4-9/h3-6,8H,7H2,1-2H3,(H,15,16,18). The van der Waals surface area contributed by atoms with Gasteiger partial charge >= 0.3 is 0 Å². The number of carbonyl (C=O) groups excluding carboxylic acids is 1. The minimum absolute atomic E-state index is 0.155. The molecule has 0 spiro atoms. The Kier molecular flexibility index (Phi) is 5.79. The molecule has 7 heteroatoms. The van der Waals surface area contributed by atoms with Crippen LogP contribution >= 0.6 is 45.7 Å². The van der Waals surface area contributed by atoms with Crippen LogP contribution in [0.3, 0.4) is 0 Å². The second-order valence-electron chi connectivity index (χ2n) is 4.54. The predicted molar refractivity (Wildman–Crippen MR) is 92.6 cm³/mol. The zero-order valence-corrected chi connectivity index (χ0v) is 14.9. The number of halogens is 1. The molecule has 1 aromatic heterocycles. The molecule has 0 saturated carbocycles. The molecule has 0 unspecified atom stereocenters. The number of thioether (sulfide) groups is 1. The van der Waals surface area contributed by atoms with Crippen LogP contribution in [0, 0.1) is 9.49 Å². The van der Waals surface area contributed by atoms with Gasteiger partial charge in [-0.05, 0) is 52.8 Å². The van der Waals surface area contributed by atoms with Crippen molar-refractivity contribution in [3.8, 4) is 0 Å². The Bertz CT molecular complexity index is 584.